The average Bonchev–Trinajstić information content (AvgIpc) is 2.59. The van der Waals surface area contributed by atoms with Crippen LogP contribution in [0.3, 0.4) is 0 Å². The molecular weight excluding hydrogens is 310 g/mol. The molecule has 0 fully saturated rings. The number of nitro groups is 1. The van der Waals surface area contributed by atoms with Crippen molar-refractivity contribution in [1.29, 1.82) is 0 Å². The van der Waals surface area contributed by atoms with Crippen molar-refractivity contribution in [3.05, 3.63) is 34.4 Å². The minimum absolute atomic E-state index is 0.0132. The van der Waals surface area contributed by atoms with Crippen molar-refractivity contribution in [3.63, 3.8) is 0 Å². The number of nitro benzene ring substituents is 1. The summed E-state index contributed by atoms with van der Waals surface area (Å²) >= 11 is 0. The molecule has 0 unspecified atom stereocenters. The Balaban J connectivity index is 2.17. The zero-order valence-electron chi connectivity index (χ0n) is 14.5. The lowest BCUT2D eigenvalue weighted by molar-refractivity contribution is -0.385. The predicted molar refractivity (Wildman–Crippen MR) is 93.2 cm³/mol. The first-order valence-electron chi connectivity index (χ1n) is 8.43. The minimum Gasteiger partial charge on any atom is -0.487 e. The van der Waals surface area contributed by atoms with Gasteiger partial charge in [0.1, 0.15) is 0 Å². The summed E-state index contributed by atoms with van der Waals surface area (Å²) in [6.07, 6.45) is 1.81. The lowest BCUT2D eigenvalue weighted by Gasteiger charge is -2.17. The first-order chi connectivity index (χ1) is 11.6. The van der Waals surface area contributed by atoms with Crippen LogP contribution in [0.15, 0.2) is 24.3 Å². The number of benzene rings is 1. The lowest BCUT2D eigenvalue weighted by atomic mass is 10.3. The van der Waals surface area contributed by atoms with Crippen LogP contribution >= 0.6 is 0 Å². The molecule has 0 saturated carbocycles. The molecule has 1 N–H and O–H groups in total. The van der Waals surface area contributed by atoms with Gasteiger partial charge in [-0.15, -0.1) is 0 Å². The van der Waals surface area contributed by atoms with E-state index in [2.05, 4.69) is 24.1 Å². The molecule has 7 heteroatoms. The van der Waals surface area contributed by atoms with Crippen LogP contribution in [0.25, 0.3) is 0 Å². The Bertz CT molecular complexity index is 518. The quantitative estimate of drug-likeness (QED) is 0.360. The second-order valence-electron chi connectivity index (χ2n) is 5.41. The summed E-state index contributed by atoms with van der Waals surface area (Å²) in [7, 11) is 0. The molecule has 0 aromatic heterocycles. The van der Waals surface area contributed by atoms with E-state index in [-0.39, 0.29) is 24.0 Å². The van der Waals surface area contributed by atoms with Gasteiger partial charge >= 0.3 is 5.69 Å². The average molecular weight is 337 g/mol. The minimum atomic E-state index is -0.474. The molecular formula is C17H27N3O4. The molecule has 0 aliphatic heterocycles. The van der Waals surface area contributed by atoms with Crippen molar-refractivity contribution in [2.24, 2.45) is 0 Å². The van der Waals surface area contributed by atoms with E-state index in [1.54, 1.807) is 18.2 Å². The first kappa shape index (κ1) is 19.9. The summed E-state index contributed by atoms with van der Waals surface area (Å²) in [5.74, 6) is 0.225. The maximum absolute atomic E-state index is 11.7. The van der Waals surface area contributed by atoms with Crippen LogP contribution in [0.5, 0.6) is 5.75 Å². The van der Waals surface area contributed by atoms with Gasteiger partial charge in [-0.05, 0) is 38.5 Å². The van der Waals surface area contributed by atoms with Gasteiger partial charge in [-0.3, -0.25) is 14.9 Å². The number of carbonyl (C=O) groups is 1. The van der Waals surface area contributed by atoms with Gasteiger partial charge in [0, 0.05) is 19.0 Å². The number of hydrogen-bond donors (Lipinski definition) is 1. The Morgan fingerprint density at radius 3 is 2.62 bits per heavy atom. The van der Waals surface area contributed by atoms with Gasteiger partial charge in [-0.25, -0.2) is 0 Å². The van der Waals surface area contributed by atoms with Crippen molar-refractivity contribution in [2.45, 2.75) is 33.1 Å². The fourth-order valence-electron chi connectivity index (χ4n) is 2.30. The number of amides is 1. The van der Waals surface area contributed by atoms with E-state index >= 15 is 0 Å². The summed E-state index contributed by atoms with van der Waals surface area (Å²) in [4.78, 5) is 24.4. The summed E-state index contributed by atoms with van der Waals surface area (Å²) in [5, 5.41) is 13.7. The second kappa shape index (κ2) is 11.4. The zero-order chi connectivity index (χ0) is 17.8. The predicted octanol–water partition coefficient (Wildman–Crippen LogP) is 2.60. The van der Waals surface area contributed by atoms with E-state index in [1.165, 1.54) is 6.07 Å². The second-order valence-corrected chi connectivity index (χ2v) is 5.41. The number of carbonyl (C=O) groups excluding carboxylic acids is 1. The van der Waals surface area contributed by atoms with Crippen molar-refractivity contribution in [3.8, 4) is 5.75 Å². The third-order valence-corrected chi connectivity index (χ3v) is 3.74. The van der Waals surface area contributed by atoms with Crippen LogP contribution in [0.2, 0.25) is 0 Å². The van der Waals surface area contributed by atoms with Crippen molar-refractivity contribution in [2.75, 3.05) is 32.8 Å². The third kappa shape index (κ3) is 7.41. The van der Waals surface area contributed by atoms with Crippen LogP contribution in [0.4, 0.5) is 5.69 Å². The van der Waals surface area contributed by atoms with E-state index in [1.807, 2.05) is 0 Å². The van der Waals surface area contributed by atoms with Gasteiger partial charge < -0.3 is 15.0 Å². The van der Waals surface area contributed by atoms with Crippen LogP contribution in [-0.4, -0.2) is 48.5 Å². The van der Waals surface area contributed by atoms with Gasteiger partial charge in [0.15, 0.2) is 5.75 Å². The van der Waals surface area contributed by atoms with Crippen LogP contribution in [-0.2, 0) is 4.79 Å². The molecule has 0 bridgehead atoms. The standard InChI is InChI=1S/C17H27N3O4/c1-3-19(4-2)13-8-12-18-17(21)11-7-14-24-16-10-6-5-9-15(16)20(22)23/h5-6,9-10H,3-4,7-8,11-14H2,1-2H3,(H,18,21). The maximum Gasteiger partial charge on any atom is 0.310 e. The Morgan fingerprint density at radius 1 is 1.25 bits per heavy atom. The molecule has 0 aliphatic carbocycles. The molecule has 0 atom stereocenters. The fourth-order valence-corrected chi connectivity index (χ4v) is 2.30. The molecule has 1 aromatic carbocycles. The zero-order valence-corrected chi connectivity index (χ0v) is 14.5. The maximum atomic E-state index is 11.7. The van der Waals surface area contributed by atoms with Gasteiger partial charge in [0.25, 0.3) is 0 Å². The van der Waals surface area contributed by atoms with Gasteiger partial charge in [0.2, 0.25) is 5.91 Å². The molecule has 0 saturated heterocycles. The summed E-state index contributed by atoms with van der Waals surface area (Å²) in [6, 6.07) is 6.24. The molecule has 1 amide bonds. The van der Waals surface area contributed by atoms with Gasteiger partial charge in [0.05, 0.1) is 11.5 Å². The SMILES string of the molecule is CCN(CC)CCCNC(=O)CCCOc1ccccc1[N+](=O)[O-]. The van der Waals surface area contributed by atoms with Crippen LogP contribution < -0.4 is 10.1 Å². The monoisotopic (exact) mass is 337 g/mol. The Kier molecular flexibility index (Phi) is 9.45. The largest absolute Gasteiger partial charge is 0.487 e. The van der Waals surface area contributed by atoms with E-state index in [0.29, 0.717) is 19.4 Å². The van der Waals surface area contributed by atoms with Crippen LogP contribution in [0, 0.1) is 10.1 Å². The van der Waals surface area contributed by atoms with E-state index < -0.39 is 4.92 Å². The Morgan fingerprint density at radius 2 is 1.96 bits per heavy atom. The number of nitrogens with zero attached hydrogens (tertiary/aromatic N) is 2. The number of para-hydroxylation sites is 2. The number of nitrogens with one attached hydrogen (secondary N) is 1. The highest BCUT2D eigenvalue weighted by atomic mass is 16.6. The molecule has 24 heavy (non-hydrogen) atoms. The molecule has 0 radical (unpaired) electrons. The van der Waals surface area contributed by atoms with Gasteiger partial charge in [-0.2, -0.15) is 0 Å². The molecule has 7 nitrogen and oxygen atoms in total. The lowest BCUT2D eigenvalue weighted by Crippen LogP contribution is -2.29. The first-order valence-corrected chi connectivity index (χ1v) is 8.43. The highest BCUT2D eigenvalue weighted by Gasteiger charge is 2.13. The van der Waals surface area contributed by atoms with E-state index in [0.717, 1.165) is 26.1 Å². The van der Waals surface area contributed by atoms with Crippen molar-refractivity contribution >= 4 is 11.6 Å². The topological polar surface area (TPSA) is 84.7 Å². The number of rotatable bonds is 12. The number of ether oxygens (including phenoxy) is 1. The van der Waals surface area contributed by atoms with Crippen molar-refractivity contribution < 1.29 is 14.5 Å². The summed E-state index contributed by atoms with van der Waals surface area (Å²) in [5.41, 5.74) is -0.0571. The molecule has 1 aromatic rings. The number of hydrogen-bond acceptors (Lipinski definition) is 5. The van der Waals surface area contributed by atoms with Gasteiger partial charge in [-0.1, -0.05) is 26.0 Å². The molecule has 0 heterocycles. The highest BCUT2D eigenvalue weighted by molar-refractivity contribution is 5.75. The molecule has 1 rings (SSSR count). The Hall–Kier alpha value is -2.15. The third-order valence-electron chi connectivity index (χ3n) is 3.74. The van der Waals surface area contributed by atoms with Crippen molar-refractivity contribution in [1.82, 2.24) is 10.2 Å². The molecule has 0 aliphatic rings. The fraction of sp³-hybridized carbons (Fsp3) is 0.588. The Labute approximate surface area is 143 Å². The van der Waals surface area contributed by atoms with E-state index in [9.17, 15) is 14.9 Å². The highest BCUT2D eigenvalue weighted by Crippen LogP contribution is 2.25. The molecule has 134 valence electrons. The van der Waals surface area contributed by atoms with Crippen LogP contribution in [0.1, 0.15) is 33.1 Å². The summed E-state index contributed by atoms with van der Waals surface area (Å²) < 4.78 is 5.41. The smallest absolute Gasteiger partial charge is 0.310 e. The molecule has 0 spiro atoms. The summed E-state index contributed by atoms with van der Waals surface area (Å²) in [6.45, 7) is 8.21. The van der Waals surface area contributed by atoms with E-state index in [4.69, 9.17) is 4.74 Å². The normalized spacial score (nSPS) is 10.6.